The molecule has 2 bridgehead atoms. The van der Waals surface area contributed by atoms with Gasteiger partial charge in [-0.1, -0.05) is 0 Å². The van der Waals surface area contributed by atoms with Crippen LogP contribution in [0.3, 0.4) is 0 Å². The highest BCUT2D eigenvalue weighted by molar-refractivity contribution is 5.92. The standard InChI is InChI=1S/C25H32N8O3/c1-6-35-24-17-7-8-19-18-11-20(26-12-21(18)28-27-19)23-16(3)29-32(5)25(23)36-15(2)13-31(4)14-22(17)33(30-24)9-10-34/h7-8,11-12,15,34H,6,9-10,13-14H2,1-5H3,(H,27,28)/b8-7+/t15-/m0/s1. The summed E-state index contributed by atoms with van der Waals surface area (Å²) in [5.41, 5.74) is 5.93. The summed E-state index contributed by atoms with van der Waals surface area (Å²) >= 11 is 0. The Hall–Kier alpha value is -3.70. The Morgan fingerprint density at radius 1 is 1.25 bits per heavy atom. The van der Waals surface area contributed by atoms with E-state index < -0.39 is 0 Å². The minimum atomic E-state index is -0.124. The monoisotopic (exact) mass is 492 g/mol. The molecule has 11 nitrogen and oxygen atoms in total. The highest BCUT2D eigenvalue weighted by Gasteiger charge is 2.24. The zero-order chi connectivity index (χ0) is 25.4. The molecule has 5 rings (SSSR count). The molecule has 11 heteroatoms. The number of aliphatic hydroxyl groups is 1. The molecule has 1 aliphatic rings. The van der Waals surface area contributed by atoms with Gasteiger partial charge >= 0.3 is 0 Å². The molecule has 1 atom stereocenters. The van der Waals surface area contributed by atoms with Gasteiger partial charge in [0.2, 0.25) is 11.8 Å². The lowest BCUT2D eigenvalue weighted by Crippen LogP contribution is -2.32. The number of rotatable bonds is 4. The summed E-state index contributed by atoms with van der Waals surface area (Å²) in [6, 6.07) is 2.02. The number of aromatic amines is 1. The SMILES string of the molecule is CCOc1nn(CCO)c2c1/C=C/c1n[nH]c3cnc(cc13)-c1c(C)nn(C)c1O[C@@H](C)CN(C)C2. The van der Waals surface area contributed by atoms with Crippen molar-refractivity contribution in [3.05, 3.63) is 34.9 Å². The van der Waals surface area contributed by atoms with Crippen molar-refractivity contribution in [1.82, 2.24) is 39.6 Å². The van der Waals surface area contributed by atoms with Crippen LogP contribution < -0.4 is 9.47 Å². The maximum absolute atomic E-state index is 9.67. The second kappa shape index (κ2) is 9.75. The van der Waals surface area contributed by atoms with Crippen LogP contribution in [0.15, 0.2) is 12.3 Å². The van der Waals surface area contributed by atoms with E-state index >= 15 is 0 Å². The fraction of sp³-hybridized carbons (Fsp3) is 0.440. The first-order valence-corrected chi connectivity index (χ1v) is 12.1. The lowest BCUT2D eigenvalue weighted by Gasteiger charge is -2.23. The molecule has 0 saturated heterocycles. The number of aliphatic hydroxyl groups excluding tert-OH is 1. The first kappa shape index (κ1) is 24.0. The zero-order valence-electron chi connectivity index (χ0n) is 21.3. The highest BCUT2D eigenvalue weighted by atomic mass is 16.5. The van der Waals surface area contributed by atoms with Gasteiger partial charge in [0.05, 0.1) is 65.4 Å². The van der Waals surface area contributed by atoms with Gasteiger partial charge in [-0.15, -0.1) is 5.10 Å². The van der Waals surface area contributed by atoms with Gasteiger partial charge in [0.1, 0.15) is 6.10 Å². The van der Waals surface area contributed by atoms with Crippen molar-refractivity contribution in [1.29, 1.82) is 0 Å². The van der Waals surface area contributed by atoms with Gasteiger partial charge in [0.15, 0.2) is 0 Å². The van der Waals surface area contributed by atoms with Gasteiger partial charge < -0.3 is 14.6 Å². The van der Waals surface area contributed by atoms with Crippen molar-refractivity contribution >= 4 is 23.1 Å². The van der Waals surface area contributed by atoms with E-state index in [1.54, 1.807) is 10.9 Å². The smallest absolute Gasteiger partial charge is 0.240 e. The van der Waals surface area contributed by atoms with Gasteiger partial charge in [-0.25, -0.2) is 4.68 Å². The van der Waals surface area contributed by atoms with Gasteiger partial charge in [-0.3, -0.25) is 19.7 Å². The molecular formula is C25H32N8O3. The van der Waals surface area contributed by atoms with E-state index in [9.17, 15) is 5.11 Å². The number of nitrogens with one attached hydrogen (secondary N) is 1. The first-order chi connectivity index (χ1) is 17.4. The van der Waals surface area contributed by atoms with E-state index in [0.29, 0.717) is 38.0 Å². The minimum absolute atomic E-state index is 0.0188. The maximum atomic E-state index is 9.67. The quantitative estimate of drug-likeness (QED) is 0.446. The number of aromatic nitrogens is 7. The van der Waals surface area contributed by atoms with Crippen LogP contribution in [0.25, 0.3) is 34.3 Å². The topological polar surface area (TPSA) is 119 Å². The number of hydrogen-bond donors (Lipinski definition) is 2. The molecule has 0 unspecified atom stereocenters. The third-order valence-corrected chi connectivity index (χ3v) is 6.27. The molecule has 36 heavy (non-hydrogen) atoms. The maximum Gasteiger partial charge on any atom is 0.240 e. The summed E-state index contributed by atoms with van der Waals surface area (Å²) in [6.07, 6.45) is 5.62. The van der Waals surface area contributed by atoms with E-state index in [1.165, 1.54) is 0 Å². The molecule has 4 aromatic heterocycles. The molecule has 0 fully saturated rings. The van der Waals surface area contributed by atoms with E-state index in [2.05, 4.69) is 30.3 Å². The Balaban J connectivity index is 1.70. The van der Waals surface area contributed by atoms with Gasteiger partial charge in [0.25, 0.3) is 0 Å². The number of H-pyrrole nitrogens is 1. The Morgan fingerprint density at radius 2 is 2.08 bits per heavy atom. The molecule has 190 valence electrons. The normalized spacial score (nSPS) is 17.3. The van der Waals surface area contributed by atoms with E-state index in [-0.39, 0.29) is 12.7 Å². The average Bonchev–Trinajstić information content (AvgIpc) is 3.46. The summed E-state index contributed by atoms with van der Waals surface area (Å²) in [5.74, 6) is 1.22. The summed E-state index contributed by atoms with van der Waals surface area (Å²) in [5, 5.41) is 27.5. The minimum Gasteiger partial charge on any atom is -0.476 e. The Bertz CT molecular complexity index is 1420. The van der Waals surface area contributed by atoms with Gasteiger partial charge in [0, 0.05) is 25.5 Å². The summed E-state index contributed by atoms with van der Waals surface area (Å²) in [6.45, 7) is 8.05. The number of pyridine rings is 1. The Morgan fingerprint density at radius 3 is 2.86 bits per heavy atom. The Kier molecular flexibility index (Phi) is 6.50. The summed E-state index contributed by atoms with van der Waals surface area (Å²) in [7, 11) is 3.93. The molecule has 5 heterocycles. The predicted octanol–water partition coefficient (Wildman–Crippen LogP) is 2.64. The van der Waals surface area contributed by atoms with Gasteiger partial charge in [-0.2, -0.15) is 10.2 Å². The predicted molar refractivity (Wildman–Crippen MR) is 137 cm³/mol. The second-order valence-electron chi connectivity index (χ2n) is 9.12. The molecule has 0 aliphatic carbocycles. The lowest BCUT2D eigenvalue weighted by molar-refractivity contribution is 0.146. The lowest BCUT2D eigenvalue weighted by atomic mass is 10.1. The molecule has 0 aromatic carbocycles. The van der Waals surface area contributed by atoms with Crippen LogP contribution in [0.4, 0.5) is 0 Å². The first-order valence-electron chi connectivity index (χ1n) is 12.1. The molecule has 0 spiro atoms. The molecular weight excluding hydrogens is 460 g/mol. The summed E-state index contributed by atoms with van der Waals surface area (Å²) in [4.78, 5) is 6.87. The molecule has 0 amide bonds. The van der Waals surface area contributed by atoms with E-state index in [1.807, 2.05) is 57.8 Å². The van der Waals surface area contributed by atoms with Crippen molar-refractivity contribution in [2.24, 2.45) is 7.05 Å². The van der Waals surface area contributed by atoms with Crippen LogP contribution in [0.1, 0.15) is 36.5 Å². The molecule has 4 aromatic rings. The van der Waals surface area contributed by atoms with Crippen LogP contribution in [0.5, 0.6) is 11.8 Å². The Labute approximate surface area is 209 Å². The number of aryl methyl sites for hydroxylation is 2. The highest BCUT2D eigenvalue weighted by Crippen LogP contribution is 2.35. The number of hydrogen-bond acceptors (Lipinski definition) is 8. The zero-order valence-corrected chi connectivity index (χ0v) is 21.3. The second-order valence-corrected chi connectivity index (χ2v) is 9.12. The number of nitrogens with zero attached hydrogens (tertiary/aromatic N) is 7. The van der Waals surface area contributed by atoms with E-state index in [4.69, 9.17) is 9.47 Å². The molecule has 0 saturated carbocycles. The van der Waals surface area contributed by atoms with Crippen LogP contribution >= 0.6 is 0 Å². The largest absolute Gasteiger partial charge is 0.476 e. The van der Waals surface area contributed by atoms with Crippen LogP contribution in [-0.4, -0.2) is 77.7 Å². The van der Waals surface area contributed by atoms with Crippen molar-refractivity contribution in [2.75, 3.05) is 26.8 Å². The van der Waals surface area contributed by atoms with Crippen LogP contribution in [-0.2, 0) is 20.1 Å². The van der Waals surface area contributed by atoms with Crippen molar-refractivity contribution in [2.45, 2.75) is 40.0 Å². The summed E-state index contributed by atoms with van der Waals surface area (Å²) < 4.78 is 15.9. The molecule has 2 N–H and O–H groups in total. The van der Waals surface area contributed by atoms with Crippen molar-refractivity contribution < 1.29 is 14.6 Å². The molecule has 1 aliphatic heterocycles. The third-order valence-electron chi connectivity index (χ3n) is 6.27. The fourth-order valence-corrected chi connectivity index (χ4v) is 4.76. The van der Waals surface area contributed by atoms with Crippen LogP contribution in [0, 0.1) is 6.92 Å². The van der Waals surface area contributed by atoms with Gasteiger partial charge in [-0.05, 0) is 46.0 Å². The average molecular weight is 493 g/mol. The number of likely N-dealkylation sites (N-methyl/N-ethyl adjacent to an activating group) is 1. The van der Waals surface area contributed by atoms with Crippen molar-refractivity contribution in [3.63, 3.8) is 0 Å². The van der Waals surface area contributed by atoms with E-state index in [0.717, 1.165) is 44.8 Å². The number of fused-ring (bicyclic) bond motifs is 4. The third kappa shape index (κ3) is 4.35. The van der Waals surface area contributed by atoms with Crippen LogP contribution in [0.2, 0.25) is 0 Å². The molecule has 0 radical (unpaired) electrons. The number of ether oxygens (including phenoxy) is 2. The fourth-order valence-electron chi connectivity index (χ4n) is 4.76. The van der Waals surface area contributed by atoms with Crippen molar-refractivity contribution in [3.8, 4) is 23.0 Å².